The summed E-state index contributed by atoms with van der Waals surface area (Å²) < 4.78 is 10.8. The van der Waals surface area contributed by atoms with Crippen molar-refractivity contribution in [2.45, 2.75) is 59.1 Å². The van der Waals surface area contributed by atoms with Crippen molar-refractivity contribution >= 4 is 34.3 Å². The van der Waals surface area contributed by atoms with Gasteiger partial charge in [0.25, 0.3) is 5.91 Å². The Hall–Kier alpha value is -3.60. The number of hydrogen-bond acceptors (Lipinski definition) is 9. The number of nitrogens with zero attached hydrogens (tertiary/aromatic N) is 3. The summed E-state index contributed by atoms with van der Waals surface area (Å²) >= 11 is 1.09. The number of amides is 2. The Bertz CT molecular complexity index is 1270. The molecule has 1 aliphatic carbocycles. The molecule has 0 atom stereocenters. The SMILES string of the molecule is Cc1nnc(-c2cccc(C(=O)NC3CC(C(=O)Nc4nc(C)c(C(=O)OC(C)(C)C)s4)C3)c2)o1. The smallest absolute Gasteiger partial charge is 0.350 e. The molecule has 0 bridgehead atoms. The van der Waals surface area contributed by atoms with Crippen molar-refractivity contribution in [2.24, 2.45) is 5.92 Å². The number of rotatable bonds is 6. The van der Waals surface area contributed by atoms with Crippen molar-refractivity contribution in [3.05, 3.63) is 46.3 Å². The van der Waals surface area contributed by atoms with Gasteiger partial charge < -0.3 is 19.8 Å². The fourth-order valence-corrected chi connectivity index (χ4v) is 4.44. The average molecular weight is 498 g/mol. The minimum Gasteiger partial charge on any atom is -0.456 e. The van der Waals surface area contributed by atoms with Crippen LogP contribution in [-0.2, 0) is 9.53 Å². The summed E-state index contributed by atoms with van der Waals surface area (Å²) in [6, 6.07) is 6.84. The highest BCUT2D eigenvalue weighted by Crippen LogP contribution is 2.31. The lowest BCUT2D eigenvalue weighted by Crippen LogP contribution is -2.48. The molecule has 2 heterocycles. The van der Waals surface area contributed by atoms with Gasteiger partial charge in [0, 0.05) is 30.0 Å². The fourth-order valence-electron chi connectivity index (χ4n) is 3.60. The Morgan fingerprint density at radius 1 is 1.14 bits per heavy atom. The third-order valence-electron chi connectivity index (χ3n) is 5.35. The molecule has 35 heavy (non-hydrogen) atoms. The maximum Gasteiger partial charge on any atom is 0.350 e. The lowest BCUT2D eigenvalue weighted by atomic mass is 9.79. The third kappa shape index (κ3) is 5.91. The van der Waals surface area contributed by atoms with E-state index in [1.165, 1.54) is 0 Å². The molecule has 0 unspecified atom stereocenters. The van der Waals surface area contributed by atoms with Crippen LogP contribution in [0.15, 0.2) is 28.7 Å². The maximum atomic E-state index is 12.7. The van der Waals surface area contributed by atoms with Crippen LogP contribution < -0.4 is 10.6 Å². The molecule has 10 nitrogen and oxygen atoms in total. The quantitative estimate of drug-likeness (QED) is 0.489. The Morgan fingerprint density at radius 3 is 2.54 bits per heavy atom. The minimum absolute atomic E-state index is 0.108. The van der Waals surface area contributed by atoms with Crippen molar-refractivity contribution in [1.82, 2.24) is 20.5 Å². The van der Waals surface area contributed by atoms with Gasteiger partial charge >= 0.3 is 5.97 Å². The highest BCUT2D eigenvalue weighted by Gasteiger charge is 2.36. The Balaban J connectivity index is 1.29. The van der Waals surface area contributed by atoms with Crippen molar-refractivity contribution in [3.63, 3.8) is 0 Å². The van der Waals surface area contributed by atoms with Crippen molar-refractivity contribution in [1.29, 1.82) is 0 Å². The number of aromatic nitrogens is 3. The Kier molecular flexibility index (Phi) is 6.70. The molecule has 2 amide bonds. The van der Waals surface area contributed by atoms with E-state index < -0.39 is 11.6 Å². The lowest BCUT2D eigenvalue weighted by molar-refractivity contribution is -0.122. The molecule has 11 heteroatoms. The van der Waals surface area contributed by atoms with Crippen LogP contribution in [0.4, 0.5) is 5.13 Å². The number of esters is 1. The van der Waals surface area contributed by atoms with E-state index in [1.54, 1.807) is 58.9 Å². The monoisotopic (exact) mass is 497 g/mol. The van der Waals surface area contributed by atoms with Crippen LogP contribution in [0.5, 0.6) is 0 Å². The number of carbonyl (C=O) groups excluding carboxylic acids is 3. The normalized spacial score (nSPS) is 17.4. The zero-order valence-corrected chi connectivity index (χ0v) is 21.0. The first kappa shape index (κ1) is 24.5. The minimum atomic E-state index is -0.616. The number of anilines is 1. The van der Waals surface area contributed by atoms with Gasteiger partial charge in [0.05, 0.1) is 5.69 Å². The number of hydrogen-bond donors (Lipinski definition) is 2. The number of thiazole rings is 1. The molecular weight excluding hydrogens is 470 g/mol. The molecular formula is C24H27N5O5S. The largest absolute Gasteiger partial charge is 0.456 e. The number of benzene rings is 1. The first-order valence-electron chi connectivity index (χ1n) is 11.2. The topological polar surface area (TPSA) is 136 Å². The van der Waals surface area contributed by atoms with Crippen LogP contribution in [-0.4, -0.2) is 44.6 Å². The summed E-state index contributed by atoms with van der Waals surface area (Å²) in [6.07, 6.45) is 1.03. The molecule has 1 aliphatic rings. The number of carbonyl (C=O) groups is 3. The molecule has 0 saturated heterocycles. The summed E-state index contributed by atoms with van der Waals surface area (Å²) in [7, 11) is 0. The van der Waals surface area contributed by atoms with Crippen LogP contribution in [0.25, 0.3) is 11.5 Å². The van der Waals surface area contributed by atoms with E-state index in [-0.39, 0.29) is 23.8 Å². The van der Waals surface area contributed by atoms with Gasteiger partial charge in [-0.05, 0) is 58.7 Å². The van der Waals surface area contributed by atoms with Gasteiger partial charge in [-0.2, -0.15) is 0 Å². The number of nitrogens with one attached hydrogen (secondary N) is 2. The molecule has 2 N–H and O–H groups in total. The molecule has 184 valence electrons. The predicted octanol–water partition coefficient (Wildman–Crippen LogP) is 3.91. The number of aryl methyl sites for hydroxylation is 2. The van der Waals surface area contributed by atoms with E-state index in [0.29, 0.717) is 51.5 Å². The summed E-state index contributed by atoms with van der Waals surface area (Å²) in [5.74, 6) is -0.328. The highest BCUT2D eigenvalue weighted by atomic mass is 32.1. The van der Waals surface area contributed by atoms with Crippen LogP contribution in [0.3, 0.4) is 0 Å². The van der Waals surface area contributed by atoms with Gasteiger partial charge in [-0.15, -0.1) is 10.2 Å². The molecule has 0 aliphatic heterocycles. The Labute approximate surface area is 206 Å². The van der Waals surface area contributed by atoms with Gasteiger partial charge in [0.1, 0.15) is 10.5 Å². The number of ether oxygens (including phenoxy) is 1. The van der Waals surface area contributed by atoms with Gasteiger partial charge in [-0.1, -0.05) is 17.4 Å². The molecule has 3 aromatic rings. The van der Waals surface area contributed by atoms with E-state index in [4.69, 9.17) is 9.15 Å². The first-order valence-corrected chi connectivity index (χ1v) is 12.0. The van der Waals surface area contributed by atoms with Crippen molar-refractivity contribution in [3.8, 4) is 11.5 Å². The summed E-state index contributed by atoms with van der Waals surface area (Å²) in [5, 5.41) is 13.9. The zero-order valence-electron chi connectivity index (χ0n) is 20.2. The van der Waals surface area contributed by atoms with Gasteiger partial charge in [0.15, 0.2) is 5.13 Å². The molecule has 4 rings (SSSR count). The van der Waals surface area contributed by atoms with Gasteiger partial charge in [0.2, 0.25) is 17.7 Å². The van der Waals surface area contributed by atoms with Crippen LogP contribution >= 0.6 is 11.3 Å². The van der Waals surface area contributed by atoms with E-state index >= 15 is 0 Å². The third-order valence-corrected chi connectivity index (χ3v) is 6.41. The average Bonchev–Trinajstić information content (AvgIpc) is 3.34. The second kappa shape index (κ2) is 9.57. The summed E-state index contributed by atoms with van der Waals surface area (Å²) in [6.45, 7) is 8.78. The highest BCUT2D eigenvalue weighted by molar-refractivity contribution is 7.17. The van der Waals surface area contributed by atoms with Crippen molar-refractivity contribution < 1.29 is 23.5 Å². The Morgan fingerprint density at radius 2 is 1.89 bits per heavy atom. The van der Waals surface area contributed by atoms with Crippen LogP contribution in [0.1, 0.15) is 65.2 Å². The first-order chi connectivity index (χ1) is 16.5. The van der Waals surface area contributed by atoms with E-state index in [9.17, 15) is 14.4 Å². The van der Waals surface area contributed by atoms with E-state index in [2.05, 4.69) is 25.8 Å². The molecule has 2 aromatic heterocycles. The second-order valence-electron chi connectivity index (χ2n) is 9.47. The van der Waals surface area contributed by atoms with Crippen LogP contribution in [0.2, 0.25) is 0 Å². The molecule has 1 aromatic carbocycles. The van der Waals surface area contributed by atoms with Crippen molar-refractivity contribution in [2.75, 3.05) is 5.32 Å². The summed E-state index contributed by atoms with van der Waals surface area (Å²) in [4.78, 5) is 42.3. The standard InChI is InChI=1S/C24H27N5O5S/c1-12-18(22(32)34-24(3,4)5)35-23(25-12)27-20(31)16-10-17(11-16)26-19(30)14-7-6-8-15(9-14)21-29-28-13(2)33-21/h6-9,16-17H,10-11H2,1-5H3,(H,26,30)(H,25,27,31). The lowest BCUT2D eigenvalue weighted by Gasteiger charge is -2.34. The molecule has 1 saturated carbocycles. The van der Waals surface area contributed by atoms with Gasteiger partial charge in [-0.3, -0.25) is 9.59 Å². The maximum absolute atomic E-state index is 12.7. The fraction of sp³-hybridized carbons (Fsp3) is 0.417. The van der Waals surface area contributed by atoms with E-state index in [1.807, 2.05) is 0 Å². The second-order valence-corrected chi connectivity index (χ2v) is 10.5. The molecule has 1 fully saturated rings. The molecule has 0 radical (unpaired) electrons. The molecule has 0 spiro atoms. The zero-order chi connectivity index (χ0) is 25.3. The summed E-state index contributed by atoms with van der Waals surface area (Å²) in [5.41, 5.74) is 1.03. The van der Waals surface area contributed by atoms with Gasteiger partial charge in [-0.25, -0.2) is 9.78 Å². The van der Waals surface area contributed by atoms with Crippen LogP contribution in [0, 0.1) is 19.8 Å². The van der Waals surface area contributed by atoms with E-state index in [0.717, 1.165) is 11.3 Å². The predicted molar refractivity (Wildman–Crippen MR) is 129 cm³/mol.